The van der Waals surface area contributed by atoms with E-state index in [9.17, 15) is 18.0 Å². The maximum absolute atomic E-state index is 13.7. The number of nitrogens with one attached hydrogen (secondary N) is 1. The van der Waals surface area contributed by atoms with E-state index >= 15 is 0 Å². The van der Waals surface area contributed by atoms with Crippen molar-refractivity contribution >= 4 is 54.2 Å². The second-order valence-electron chi connectivity index (χ2n) is 8.61. The van der Waals surface area contributed by atoms with Gasteiger partial charge in [-0.1, -0.05) is 76.6 Å². The van der Waals surface area contributed by atoms with Crippen molar-refractivity contribution in [1.82, 2.24) is 4.72 Å². The Morgan fingerprint density at radius 2 is 1.51 bits per heavy atom. The first kappa shape index (κ1) is 26.6. The van der Waals surface area contributed by atoms with Crippen LogP contribution in [0.1, 0.15) is 18.9 Å². The van der Waals surface area contributed by atoms with Crippen LogP contribution in [0.15, 0.2) is 106 Å². The van der Waals surface area contributed by atoms with E-state index in [1.807, 2.05) is 67.6 Å². The van der Waals surface area contributed by atoms with Crippen molar-refractivity contribution in [2.24, 2.45) is 5.92 Å². The minimum atomic E-state index is -4.19. The number of hydrogen-bond acceptors (Lipinski definition) is 4. The number of anilines is 1. The Morgan fingerprint density at radius 3 is 2.19 bits per heavy atom. The number of hydrogen-bond donors (Lipinski definition) is 1. The van der Waals surface area contributed by atoms with Crippen molar-refractivity contribution in [2.45, 2.75) is 24.7 Å². The zero-order chi connectivity index (χ0) is 26.4. The first-order chi connectivity index (χ1) is 17.8. The highest BCUT2D eigenvalue weighted by Gasteiger charge is 2.33. The molecule has 0 saturated carbocycles. The van der Waals surface area contributed by atoms with E-state index in [1.165, 1.54) is 17.0 Å². The summed E-state index contributed by atoms with van der Waals surface area (Å²) in [5, 5.41) is 1.62. The minimum Gasteiger partial charge on any atom is -0.312 e. The Balaban J connectivity index is 1.61. The fourth-order valence-corrected chi connectivity index (χ4v) is 5.51. The molecule has 0 spiro atoms. The summed E-state index contributed by atoms with van der Waals surface area (Å²) in [7, 11) is -4.19. The third-order valence-corrected chi connectivity index (χ3v) is 8.04. The van der Waals surface area contributed by atoms with Gasteiger partial charge in [0.15, 0.2) is 0 Å². The highest BCUT2D eigenvalue weighted by atomic mass is 79.9. The van der Waals surface area contributed by atoms with Gasteiger partial charge >= 0.3 is 0 Å². The monoisotopic (exact) mass is 578 g/mol. The van der Waals surface area contributed by atoms with Crippen LogP contribution in [-0.4, -0.2) is 26.8 Å². The van der Waals surface area contributed by atoms with Gasteiger partial charge < -0.3 is 4.90 Å². The van der Waals surface area contributed by atoms with Crippen molar-refractivity contribution in [3.63, 3.8) is 0 Å². The van der Waals surface area contributed by atoms with E-state index in [4.69, 9.17) is 0 Å². The van der Waals surface area contributed by atoms with Gasteiger partial charge in [0, 0.05) is 16.7 Å². The highest BCUT2D eigenvalue weighted by Crippen LogP contribution is 2.23. The Morgan fingerprint density at radius 1 is 0.865 bits per heavy atom. The number of fused-ring (bicyclic) bond motifs is 1. The smallest absolute Gasteiger partial charge is 0.264 e. The van der Waals surface area contributed by atoms with E-state index in [0.717, 1.165) is 20.8 Å². The molecule has 2 amide bonds. The lowest BCUT2D eigenvalue weighted by molar-refractivity contribution is -0.132. The summed E-state index contributed by atoms with van der Waals surface area (Å²) < 4.78 is 29.4. The van der Waals surface area contributed by atoms with Gasteiger partial charge in [0.2, 0.25) is 11.8 Å². The zero-order valence-corrected chi connectivity index (χ0v) is 22.7. The maximum Gasteiger partial charge on any atom is 0.264 e. The number of carbonyl (C=O) groups excluding carboxylic acids is 2. The van der Waals surface area contributed by atoms with Crippen molar-refractivity contribution < 1.29 is 18.0 Å². The van der Waals surface area contributed by atoms with Crippen LogP contribution in [0.4, 0.5) is 5.69 Å². The Kier molecular flexibility index (Phi) is 8.41. The molecule has 4 aromatic rings. The third kappa shape index (κ3) is 6.45. The Labute approximate surface area is 225 Å². The fraction of sp³-hybridized carbons (Fsp3) is 0.172. The number of carbonyl (C=O) groups is 2. The summed E-state index contributed by atoms with van der Waals surface area (Å²) in [6.45, 7) is 2.16. The SMILES string of the molecule is CCN(C(=O)C(CCc1ccc(Br)cc1)C(=O)NS(=O)(=O)c1ccc2ccccc2c1)c1ccccc1. The molecular formula is C29H27BrN2O4S. The Hall–Kier alpha value is -3.49. The molecule has 0 aliphatic heterocycles. The number of para-hydroxylation sites is 1. The van der Waals surface area contributed by atoms with Gasteiger partial charge in [0.05, 0.1) is 4.90 Å². The lowest BCUT2D eigenvalue weighted by atomic mass is 9.97. The minimum absolute atomic E-state index is 0.0333. The van der Waals surface area contributed by atoms with Gasteiger partial charge in [-0.2, -0.15) is 0 Å². The average Bonchev–Trinajstić information content (AvgIpc) is 2.90. The molecule has 0 heterocycles. The van der Waals surface area contributed by atoms with E-state index < -0.39 is 27.8 Å². The van der Waals surface area contributed by atoms with E-state index in [1.54, 1.807) is 24.3 Å². The molecule has 8 heteroatoms. The molecule has 0 aliphatic rings. The summed E-state index contributed by atoms with van der Waals surface area (Å²) in [6.07, 6.45) is 0.586. The topological polar surface area (TPSA) is 83.6 Å². The van der Waals surface area contributed by atoms with Crippen LogP contribution < -0.4 is 9.62 Å². The summed E-state index contributed by atoms with van der Waals surface area (Å²) in [5.41, 5.74) is 1.59. The lowest BCUT2D eigenvalue weighted by Gasteiger charge is -2.26. The number of aryl methyl sites for hydroxylation is 1. The predicted molar refractivity (Wildman–Crippen MR) is 150 cm³/mol. The van der Waals surface area contributed by atoms with Gasteiger partial charge in [-0.15, -0.1) is 0 Å². The summed E-state index contributed by atoms with van der Waals surface area (Å²) in [5.74, 6) is -2.49. The van der Waals surface area contributed by atoms with Gasteiger partial charge in [-0.05, 0) is 72.5 Å². The number of nitrogens with zero attached hydrogens (tertiary/aromatic N) is 1. The highest BCUT2D eigenvalue weighted by molar-refractivity contribution is 9.10. The molecule has 37 heavy (non-hydrogen) atoms. The molecule has 1 atom stereocenters. The molecule has 0 radical (unpaired) electrons. The molecule has 190 valence electrons. The van der Waals surface area contributed by atoms with Gasteiger partial charge in [0.25, 0.3) is 10.0 Å². The van der Waals surface area contributed by atoms with Crippen LogP contribution in [-0.2, 0) is 26.0 Å². The summed E-state index contributed by atoms with van der Waals surface area (Å²) in [4.78, 5) is 28.5. The molecule has 0 fully saturated rings. The van der Waals surface area contributed by atoms with Gasteiger partial charge in [-0.3, -0.25) is 9.59 Å². The zero-order valence-electron chi connectivity index (χ0n) is 20.3. The lowest BCUT2D eigenvalue weighted by Crippen LogP contribution is -2.45. The largest absolute Gasteiger partial charge is 0.312 e. The van der Waals surface area contributed by atoms with Gasteiger partial charge in [-0.25, -0.2) is 13.1 Å². The van der Waals surface area contributed by atoms with Crippen molar-refractivity contribution in [3.8, 4) is 0 Å². The third-order valence-electron chi connectivity index (χ3n) is 6.17. The molecule has 0 saturated heterocycles. The normalized spacial score (nSPS) is 12.2. The molecule has 0 aliphatic carbocycles. The number of sulfonamides is 1. The van der Waals surface area contributed by atoms with Crippen LogP contribution in [0, 0.1) is 5.92 Å². The number of rotatable bonds is 9. The second-order valence-corrected chi connectivity index (χ2v) is 11.2. The molecular weight excluding hydrogens is 552 g/mol. The Bertz CT molecular complexity index is 1510. The van der Waals surface area contributed by atoms with Crippen LogP contribution in [0.3, 0.4) is 0 Å². The second kappa shape index (κ2) is 11.7. The van der Waals surface area contributed by atoms with Crippen molar-refractivity contribution in [3.05, 3.63) is 107 Å². The molecule has 0 bridgehead atoms. The molecule has 4 rings (SSSR count). The van der Waals surface area contributed by atoms with Crippen LogP contribution in [0.5, 0.6) is 0 Å². The standard InChI is InChI=1S/C29H27BrN2O4S/c1-2-32(25-10-4-3-5-11-25)29(34)27(19-14-21-12-16-24(30)17-13-21)28(33)31-37(35,36)26-18-15-22-8-6-7-9-23(22)20-26/h3-13,15-18,20,27H,2,14,19H2,1H3,(H,31,33). The number of benzene rings is 4. The molecule has 4 aromatic carbocycles. The van der Waals surface area contributed by atoms with Crippen molar-refractivity contribution in [1.29, 1.82) is 0 Å². The number of amides is 2. The fourth-order valence-electron chi connectivity index (χ4n) is 4.19. The first-order valence-electron chi connectivity index (χ1n) is 11.9. The van der Waals surface area contributed by atoms with E-state index in [0.29, 0.717) is 18.7 Å². The van der Waals surface area contributed by atoms with E-state index in [2.05, 4.69) is 20.7 Å². The first-order valence-corrected chi connectivity index (χ1v) is 14.2. The molecule has 1 unspecified atom stereocenters. The molecule has 1 N–H and O–H groups in total. The maximum atomic E-state index is 13.7. The molecule has 6 nitrogen and oxygen atoms in total. The van der Waals surface area contributed by atoms with Crippen LogP contribution in [0.25, 0.3) is 10.8 Å². The van der Waals surface area contributed by atoms with E-state index in [-0.39, 0.29) is 11.3 Å². The quantitative estimate of drug-likeness (QED) is 0.258. The number of halogens is 1. The van der Waals surface area contributed by atoms with Crippen LogP contribution >= 0.6 is 15.9 Å². The van der Waals surface area contributed by atoms with Crippen molar-refractivity contribution in [2.75, 3.05) is 11.4 Å². The summed E-state index contributed by atoms with van der Waals surface area (Å²) in [6, 6.07) is 28.7. The van der Waals surface area contributed by atoms with Gasteiger partial charge in [0.1, 0.15) is 5.92 Å². The summed E-state index contributed by atoms with van der Waals surface area (Å²) >= 11 is 3.40. The van der Waals surface area contributed by atoms with Crippen LogP contribution in [0.2, 0.25) is 0 Å². The average molecular weight is 580 g/mol. The molecule has 0 aromatic heterocycles. The predicted octanol–water partition coefficient (Wildman–Crippen LogP) is 5.71.